The summed E-state index contributed by atoms with van der Waals surface area (Å²) in [4.78, 5) is 27.0. The van der Waals surface area contributed by atoms with Crippen molar-refractivity contribution in [2.45, 2.75) is 50.9 Å². The number of carbonyl (C=O) groups is 1. The number of aromatic nitrogens is 3. The number of nitrogens with zero attached hydrogens (tertiary/aromatic N) is 4. The summed E-state index contributed by atoms with van der Waals surface area (Å²) < 4.78 is 62.0. The van der Waals surface area contributed by atoms with Gasteiger partial charge in [-0.2, -0.15) is 0 Å². The summed E-state index contributed by atoms with van der Waals surface area (Å²) >= 11 is 0. The molecule has 0 aliphatic carbocycles. The second-order valence-electron chi connectivity index (χ2n) is 10.5. The number of ether oxygens (including phenoxy) is 2. The Bertz CT molecular complexity index is 1690. The fourth-order valence-electron chi connectivity index (χ4n) is 5.73. The van der Waals surface area contributed by atoms with Crippen molar-refractivity contribution < 1.29 is 31.9 Å². The third-order valence-corrected chi connectivity index (χ3v) is 7.92. The van der Waals surface area contributed by atoms with Crippen LogP contribution in [0, 0.1) is 18.3 Å². The summed E-state index contributed by atoms with van der Waals surface area (Å²) in [6.45, 7) is 3.72. The molecule has 2 aliphatic rings. The van der Waals surface area contributed by atoms with Crippen LogP contribution >= 0.6 is 0 Å². The number of ketones is 1. The van der Waals surface area contributed by atoms with Crippen LogP contribution < -0.4 is 9.64 Å². The number of alkyl halides is 3. The van der Waals surface area contributed by atoms with Crippen LogP contribution in [0.25, 0.3) is 22.1 Å². The van der Waals surface area contributed by atoms with Crippen molar-refractivity contribution in [1.29, 1.82) is 0 Å². The highest BCUT2D eigenvalue weighted by molar-refractivity contribution is 6.06. The molecule has 4 atom stereocenters. The lowest BCUT2D eigenvalue weighted by molar-refractivity contribution is -0.118. The number of para-hydroxylation sites is 1. The van der Waals surface area contributed by atoms with E-state index in [0.717, 1.165) is 0 Å². The van der Waals surface area contributed by atoms with E-state index >= 15 is 4.39 Å². The lowest BCUT2D eigenvalue weighted by atomic mass is 9.80. The SMILES string of the molecule is C#Cc1cnc(O[C@H]2C[C@@H](C(C)=O)N(c3nc(C(F)F)nc4c3oc3ccccc34)C2)c([C@]2(F)CCOC[C@@H]2C)c1. The number of fused-ring (bicyclic) bond motifs is 3. The zero-order chi connectivity index (χ0) is 28.9. The molecule has 2 saturated heterocycles. The number of terminal acetylenes is 1. The number of rotatable bonds is 6. The molecule has 4 aromatic rings. The van der Waals surface area contributed by atoms with Gasteiger partial charge in [0.1, 0.15) is 22.9 Å². The molecule has 41 heavy (non-hydrogen) atoms. The second kappa shape index (κ2) is 10.3. The highest BCUT2D eigenvalue weighted by Crippen LogP contribution is 2.45. The van der Waals surface area contributed by atoms with E-state index in [-0.39, 0.29) is 66.7 Å². The van der Waals surface area contributed by atoms with Crippen LogP contribution in [-0.4, -0.2) is 52.6 Å². The quantitative estimate of drug-likeness (QED) is 0.283. The molecular formula is C30H27F3N4O4. The Kier molecular flexibility index (Phi) is 6.82. The standard InChI is InChI=1S/C30H27F3N4O4/c1-4-18-11-21(30(33)9-10-39-15-16(30)2)29(34-13-18)40-19-12-22(17(3)38)37(14-19)28-25-24(35-27(36-28)26(31)32)20-7-5-6-8-23(20)41-25/h1,5-8,11,13,16,19,22,26H,9-10,12,14-15H2,2-3H3/t16-,19-,22-,30-/m0/s1. The van der Waals surface area contributed by atoms with Gasteiger partial charge >= 0.3 is 0 Å². The zero-order valence-electron chi connectivity index (χ0n) is 22.4. The van der Waals surface area contributed by atoms with Crippen molar-refractivity contribution in [1.82, 2.24) is 15.0 Å². The van der Waals surface area contributed by atoms with E-state index in [4.69, 9.17) is 20.3 Å². The Balaban J connectivity index is 1.40. The molecule has 6 rings (SSSR count). The largest absolute Gasteiger partial charge is 0.472 e. The van der Waals surface area contributed by atoms with Gasteiger partial charge in [0.05, 0.1) is 24.8 Å². The van der Waals surface area contributed by atoms with Crippen LogP contribution in [0.5, 0.6) is 5.88 Å². The highest BCUT2D eigenvalue weighted by atomic mass is 19.3. The van der Waals surface area contributed by atoms with Gasteiger partial charge in [0.15, 0.2) is 23.0 Å². The van der Waals surface area contributed by atoms with Crippen LogP contribution in [0.15, 0.2) is 40.9 Å². The molecule has 0 spiro atoms. The average Bonchev–Trinajstić information content (AvgIpc) is 3.56. The molecule has 5 heterocycles. The van der Waals surface area contributed by atoms with Crippen LogP contribution in [0.1, 0.15) is 50.1 Å². The van der Waals surface area contributed by atoms with E-state index in [1.54, 1.807) is 42.2 Å². The summed E-state index contributed by atoms with van der Waals surface area (Å²) in [6, 6.07) is 7.76. The predicted molar refractivity (Wildman–Crippen MR) is 145 cm³/mol. The van der Waals surface area contributed by atoms with E-state index < -0.39 is 36.0 Å². The van der Waals surface area contributed by atoms with Gasteiger partial charge in [-0.1, -0.05) is 25.0 Å². The van der Waals surface area contributed by atoms with Gasteiger partial charge in [0, 0.05) is 42.5 Å². The van der Waals surface area contributed by atoms with E-state index in [0.29, 0.717) is 16.5 Å². The smallest absolute Gasteiger partial charge is 0.297 e. The normalized spacial score (nSPS) is 24.7. The molecule has 0 bridgehead atoms. The third kappa shape index (κ3) is 4.66. The van der Waals surface area contributed by atoms with Crippen LogP contribution in [0.4, 0.5) is 19.0 Å². The number of Topliss-reactive ketones (excluding diaryl/α,β-unsaturated/α-hetero) is 1. The van der Waals surface area contributed by atoms with E-state index in [9.17, 15) is 13.6 Å². The Labute approximate surface area is 233 Å². The lowest BCUT2D eigenvalue weighted by Gasteiger charge is -2.36. The fourth-order valence-corrected chi connectivity index (χ4v) is 5.73. The molecule has 11 heteroatoms. The molecule has 0 N–H and O–H groups in total. The Morgan fingerprint density at radius 2 is 2.10 bits per heavy atom. The molecule has 0 radical (unpaired) electrons. The molecule has 0 saturated carbocycles. The Hall–Kier alpha value is -4.17. The molecule has 8 nitrogen and oxygen atoms in total. The number of halogens is 3. The van der Waals surface area contributed by atoms with Gasteiger partial charge in [-0.15, -0.1) is 6.42 Å². The first kappa shape index (κ1) is 27.0. The monoisotopic (exact) mass is 564 g/mol. The van der Waals surface area contributed by atoms with Gasteiger partial charge in [0.25, 0.3) is 6.43 Å². The van der Waals surface area contributed by atoms with Crippen molar-refractivity contribution in [3.63, 3.8) is 0 Å². The van der Waals surface area contributed by atoms with Crippen molar-refractivity contribution in [2.75, 3.05) is 24.7 Å². The number of hydrogen-bond acceptors (Lipinski definition) is 8. The zero-order valence-corrected chi connectivity index (χ0v) is 22.4. The summed E-state index contributed by atoms with van der Waals surface area (Å²) in [5, 5.41) is 0.556. The molecule has 3 aromatic heterocycles. The molecule has 212 valence electrons. The van der Waals surface area contributed by atoms with Crippen LogP contribution in [0.2, 0.25) is 0 Å². The van der Waals surface area contributed by atoms with E-state index in [1.165, 1.54) is 13.1 Å². The first-order chi connectivity index (χ1) is 19.7. The van der Waals surface area contributed by atoms with Gasteiger partial charge < -0.3 is 18.8 Å². The van der Waals surface area contributed by atoms with E-state index in [1.807, 2.05) is 0 Å². The van der Waals surface area contributed by atoms with Gasteiger partial charge in [0.2, 0.25) is 5.88 Å². The molecular weight excluding hydrogens is 537 g/mol. The van der Waals surface area contributed by atoms with Crippen molar-refractivity contribution in [2.24, 2.45) is 5.92 Å². The van der Waals surface area contributed by atoms with Crippen molar-refractivity contribution >= 4 is 33.7 Å². The number of pyridine rings is 1. The molecule has 0 unspecified atom stereocenters. The first-order valence-electron chi connectivity index (χ1n) is 13.3. The third-order valence-electron chi connectivity index (χ3n) is 7.92. The summed E-state index contributed by atoms with van der Waals surface area (Å²) in [6.07, 6.45) is 3.73. The Morgan fingerprint density at radius 1 is 1.29 bits per heavy atom. The molecule has 0 amide bonds. The van der Waals surface area contributed by atoms with Crippen LogP contribution in [-0.2, 0) is 15.2 Å². The minimum atomic E-state index is -2.94. The number of hydrogen-bond donors (Lipinski definition) is 0. The molecule has 2 fully saturated rings. The number of carbonyl (C=O) groups excluding carboxylic acids is 1. The summed E-state index contributed by atoms with van der Waals surface area (Å²) in [5.74, 6) is 1.27. The molecule has 1 aromatic carbocycles. The fraction of sp³-hybridized carbons (Fsp3) is 0.400. The number of anilines is 1. The lowest BCUT2D eigenvalue weighted by Crippen LogP contribution is -2.38. The maximum Gasteiger partial charge on any atom is 0.297 e. The molecule has 2 aliphatic heterocycles. The Morgan fingerprint density at radius 3 is 2.83 bits per heavy atom. The topological polar surface area (TPSA) is 90.6 Å². The van der Waals surface area contributed by atoms with E-state index in [2.05, 4.69) is 20.9 Å². The highest BCUT2D eigenvalue weighted by Gasteiger charge is 2.45. The van der Waals surface area contributed by atoms with Crippen molar-refractivity contribution in [3.8, 4) is 18.2 Å². The van der Waals surface area contributed by atoms with Gasteiger partial charge in [-0.05, 0) is 25.1 Å². The van der Waals surface area contributed by atoms with Crippen LogP contribution in [0.3, 0.4) is 0 Å². The predicted octanol–water partition coefficient (Wildman–Crippen LogP) is 5.53. The maximum absolute atomic E-state index is 16.5. The summed E-state index contributed by atoms with van der Waals surface area (Å²) in [5.41, 5.74) is -0.274. The number of furan rings is 1. The average molecular weight is 565 g/mol. The van der Waals surface area contributed by atoms with Crippen molar-refractivity contribution in [3.05, 3.63) is 53.5 Å². The van der Waals surface area contributed by atoms with Gasteiger partial charge in [-0.25, -0.2) is 28.1 Å². The number of benzene rings is 1. The second-order valence-corrected chi connectivity index (χ2v) is 10.5. The maximum atomic E-state index is 16.5. The summed E-state index contributed by atoms with van der Waals surface area (Å²) in [7, 11) is 0. The minimum absolute atomic E-state index is 0.0687. The first-order valence-corrected chi connectivity index (χ1v) is 13.3. The minimum Gasteiger partial charge on any atom is -0.472 e. The van der Waals surface area contributed by atoms with Gasteiger partial charge in [-0.3, -0.25) is 4.79 Å².